The van der Waals surface area contributed by atoms with Crippen LogP contribution in [-0.2, 0) is 12.8 Å². The minimum absolute atomic E-state index is 0.274. The fourth-order valence-electron chi connectivity index (χ4n) is 2.13. The van der Waals surface area contributed by atoms with Crippen molar-refractivity contribution >= 4 is 29.0 Å². The average molecular weight is 310 g/mol. The minimum atomic E-state index is 0.274. The Morgan fingerprint density at radius 3 is 2.65 bits per heavy atom. The van der Waals surface area contributed by atoms with Gasteiger partial charge in [-0.15, -0.1) is 0 Å². The lowest BCUT2D eigenvalue weighted by Gasteiger charge is -2.17. The van der Waals surface area contributed by atoms with Gasteiger partial charge in [0.1, 0.15) is 5.82 Å². The molecule has 0 aliphatic heterocycles. The Balaban J connectivity index is 2.09. The highest BCUT2D eigenvalue weighted by atomic mass is 35.5. The highest BCUT2D eigenvalue weighted by Gasteiger charge is 2.11. The van der Waals surface area contributed by atoms with E-state index in [2.05, 4.69) is 10.3 Å². The third-order valence-electron chi connectivity index (χ3n) is 3.22. The molecular formula is C15H17Cl2N3. The number of rotatable bonds is 5. The van der Waals surface area contributed by atoms with Crippen LogP contribution in [0.2, 0.25) is 10.0 Å². The number of hydrogen-bond donors (Lipinski definition) is 2. The third-order valence-corrected chi connectivity index (χ3v) is 3.80. The highest BCUT2D eigenvalue weighted by molar-refractivity contribution is 6.35. The van der Waals surface area contributed by atoms with Gasteiger partial charge in [0.2, 0.25) is 0 Å². The molecule has 0 fully saturated rings. The quantitative estimate of drug-likeness (QED) is 0.890. The van der Waals surface area contributed by atoms with E-state index in [1.54, 1.807) is 12.3 Å². The number of nitrogens with one attached hydrogen (secondary N) is 1. The molecule has 0 radical (unpaired) electrons. The van der Waals surface area contributed by atoms with Crippen LogP contribution in [0, 0.1) is 0 Å². The molecule has 1 unspecified atom stereocenters. The van der Waals surface area contributed by atoms with Crippen molar-refractivity contribution in [2.45, 2.75) is 18.9 Å². The first kappa shape index (κ1) is 15.1. The van der Waals surface area contributed by atoms with Crippen LogP contribution < -0.4 is 11.1 Å². The van der Waals surface area contributed by atoms with Gasteiger partial charge in [0.15, 0.2) is 0 Å². The number of pyridine rings is 1. The summed E-state index contributed by atoms with van der Waals surface area (Å²) >= 11 is 12.1. The van der Waals surface area contributed by atoms with E-state index in [1.165, 1.54) is 0 Å². The smallest absolute Gasteiger partial charge is 0.123 e. The summed E-state index contributed by atoms with van der Waals surface area (Å²) in [6, 6.07) is 9.75. The second-order valence-corrected chi connectivity index (χ2v) is 5.56. The van der Waals surface area contributed by atoms with Gasteiger partial charge in [0.05, 0.1) is 0 Å². The van der Waals surface area contributed by atoms with Crippen LogP contribution in [0.25, 0.3) is 0 Å². The third kappa shape index (κ3) is 4.10. The fourth-order valence-corrected chi connectivity index (χ4v) is 2.62. The first-order chi connectivity index (χ1) is 9.58. The normalized spacial score (nSPS) is 12.3. The predicted molar refractivity (Wildman–Crippen MR) is 85.4 cm³/mol. The molecule has 1 aromatic carbocycles. The Bertz CT molecular complexity index is 587. The minimum Gasteiger partial charge on any atom is -0.384 e. The van der Waals surface area contributed by atoms with Gasteiger partial charge in [-0.1, -0.05) is 29.3 Å². The molecule has 3 nitrogen and oxygen atoms in total. The highest BCUT2D eigenvalue weighted by Crippen LogP contribution is 2.22. The lowest BCUT2D eigenvalue weighted by Crippen LogP contribution is -2.30. The number of halogens is 2. The molecule has 0 saturated carbocycles. The molecule has 0 spiro atoms. The van der Waals surface area contributed by atoms with Crippen LogP contribution in [0.3, 0.4) is 0 Å². The maximum Gasteiger partial charge on any atom is 0.123 e. The van der Waals surface area contributed by atoms with Gasteiger partial charge < -0.3 is 11.1 Å². The summed E-state index contributed by atoms with van der Waals surface area (Å²) in [5.41, 5.74) is 7.94. The van der Waals surface area contributed by atoms with E-state index in [9.17, 15) is 0 Å². The molecule has 20 heavy (non-hydrogen) atoms. The number of hydrogen-bond acceptors (Lipinski definition) is 3. The molecule has 1 atom stereocenters. The van der Waals surface area contributed by atoms with Crippen LogP contribution in [0.1, 0.15) is 11.1 Å². The molecule has 1 aromatic heterocycles. The van der Waals surface area contributed by atoms with Crippen molar-refractivity contribution in [2.75, 3.05) is 12.8 Å². The Morgan fingerprint density at radius 1 is 1.20 bits per heavy atom. The molecule has 5 heteroatoms. The second-order valence-electron chi connectivity index (χ2n) is 4.72. The lowest BCUT2D eigenvalue weighted by atomic mass is 9.99. The average Bonchev–Trinajstić information content (AvgIpc) is 2.41. The zero-order valence-corrected chi connectivity index (χ0v) is 12.7. The molecule has 0 aliphatic carbocycles. The van der Waals surface area contributed by atoms with E-state index >= 15 is 0 Å². The van der Waals surface area contributed by atoms with Crippen LogP contribution in [0.5, 0.6) is 0 Å². The van der Waals surface area contributed by atoms with E-state index in [-0.39, 0.29) is 6.04 Å². The van der Waals surface area contributed by atoms with Crippen molar-refractivity contribution in [1.82, 2.24) is 10.3 Å². The van der Waals surface area contributed by atoms with Crippen molar-refractivity contribution in [3.8, 4) is 0 Å². The van der Waals surface area contributed by atoms with Crippen LogP contribution in [0.15, 0.2) is 36.5 Å². The molecule has 1 heterocycles. The number of benzene rings is 1. The Kier molecular flexibility index (Phi) is 5.24. The topological polar surface area (TPSA) is 50.9 Å². The van der Waals surface area contributed by atoms with E-state index in [0.717, 1.165) is 24.0 Å². The van der Waals surface area contributed by atoms with Gasteiger partial charge in [-0.05, 0) is 55.3 Å². The van der Waals surface area contributed by atoms with E-state index in [4.69, 9.17) is 28.9 Å². The number of nitrogen functional groups attached to an aromatic ring is 1. The zero-order chi connectivity index (χ0) is 14.5. The fraction of sp³-hybridized carbons (Fsp3) is 0.267. The van der Waals surface area contributed by atoms with E-state index in [1.807, 2.05) is 31.3 Å². The molecular weight excluding hydrogens is 293 g/mol. The van der Waals surface area contributed by atoms with Gasteiger partial charge in [0, 0.05) is 22.3 Å². The van der Waals surface area contributed by atoms with Crippen LogP contribution in [-0.4, -0.2) is 18.1 Å². The predicted octanol–water partition coefficient (Wildman–Crippen LogP) is 3.34. The molecule has 0 aliphatic rings. The van der Waals surface area contributed by atoms with Crippen molar-refractivity contribution in [2.24, 2.45) is 0 Å². The second kappa shape index (κ2) is 6.93. The SMILES string of the molecule is CNC(Cc1ccnc(N)c1)Cc1ccc(Cl)cc1Cl. The van der Waals surface area contributed by atoms with Crippen LogP contribution >= 0.6 is 23.2 Å². The van der Waals surface area contributed by atoms with Crippen molar-refractivity contribution in [1.29, 1.82) is 0 Å². The van der Waals surface area contributed by atoms with E-state index in [0.29, 0.717) is 15.9 Å². The van der Waals surface area contributed by atoms with Gasteiger partial charge in [-0.3, -0.25) is 0 Å². The van der Waals surface area contributed by atoms with E-state index < -0.39 is 0 Å². The zero-order valence-electron chi connectivity index (χ0n) is 11.2. The summed E-state index contributed by atoms with van der Waals surface area (Å²) in [6.07, 6.45) is 3.42. The van der Waals surface area contributed by atoms with Crippen molar-refractivity contribution in [3.63, 3.8) is 0 Å². The van der Waals surface area contributed by atoms with Gasteiger partial charge in [0.25, 0.3) is 0 Å². The molecule has 2 aromatic rings. The number of nitrogens with two attached hydrogens (primary N) is 1. The summed E-state index contributed by atoms with van der Waals surface area (Å²) in [7, 11) is 1.94. The Morgan fingerprint density at radius 2 is 2.00 bits per heavy atom. The summed E-state index contributed by atoms with van der Waals surface area (Å²) in [6.45, 7) is 0. The van der Waals surface area contributed by atoms with Crippen molar-refractivity contribution < 1.29 is 0 Å². The molecule has 0 saturated heterocycles. The molecule has 106 valence electrons. The maximum atomic E-state index is 6.22. The summed E-state index contributed by atoms with van der Waals surface area (Å²) < 4.78 is 0. The van der Waals surface area contributed by atoms with Crippen LogP contribution in [0.4, 0.5) is 5.82 Å². The first-order valence-electron chi connectivity index (χ1n) is 6.40. The number of aromatic nitrogens is 1. The maximum absolute atomic E-state index is 6.22. The summed E-state index contributed by atoms with van der Waals surface area (Å²) in [5, 5.41) is 4.66. The monoisotopic (exact) mass is 309 g/mol. The standard InChI is InChI=1S/C15H17Cl2N3/c1-19-13(6-10-4-5-20-15(18)7-10)8-11-2-3-12(16)9-14(11)17/h2-5,7,9,13,19H,6,8H2,1H3,(H2,18,20). The molecule has 0 amide bonds. The molecule has 3 N–H and O–H groups in total. The van der Waals surface area contributed by atoms with Gasteiger partial charge in [-0.25, -0.2) is 4.98 Å². The van der Waals surface area contributed by atoms with Gasteiger partial charge >= 0.3 is 0 Å². The number of likely N-dealkylation sites (N-methyl/N-ethyl adjacent to an activating group) is 1. The molecule has 2 rings (SSSR count). The summed E-state index contributed by atoms with van der Waals surface area (Å²) in [4.78, 5) is 4.00. The molecule has 0 bridgehead atoms. The first-order valence-corrected chi connectivity index (χ1v) is 7.15. The van der Waals surface area contributed by atoms with Gasteiger partial charge in [-0.2, -0.15) is 0 Å². The Labute approximate surface area is 129 Å². The summed E-state index contributed by atoms with van der Waals surface area (Å²) in [5.74, 6) is 0.543. The Hall–Kier alpha value is -1.29. The van der Waals surface area contributed by atoms with Crippen molar-refractivity contribution in [3.05, 3.63) is 57.7 Å². The largest absolute Gasteiger partial charge is 0.384 e. The lowest BCUT2D eigenvalue weighted by molar-refractivity contribution is 0.556. The number of anilines is 1. The number of nitrogens with zero attached hydrogens (tertiary/aromatic N) is 1.